The molecule has 152 valence electrons. The number of ether oxygens (including phenoxy) is 1. The first-order valence-corrected chi connectivity index (χ1v) is 11.1. The highest BCUT2D eigenvalue weighted by atomic mass is 32.2. The van der Waals surface area contributed by atoms with Crippen LogP contribution in [0.2, 0.25) is 0 Å². The Labute approximate surface area is 167 Å². The molecule has 0 fully saturated rings. The third kappa shape index (κ3) is 5.04. The molecule has 1 atom stereocenters. The number of benzene rings is 2. The minimum Gasteiger partial charge on any atom is -0.497 e. The van der Waals surface area contributed by atoms with E-state index in [1.54, 1.807) is 31.2 Å². The van der Waals surface area contributed by atoms with E-state index in [4.69, 9.17) is 4.74 Å². The number of para-hydroxylation sites is 1. The van der Waals surface area contributed by atoms with Crippen molar-refractivity contribution in [1.29, 1.82) is 0 Å². The van der Waals surface area contributed by atoms with Crippen LogP contribution in [0.3, 0.4) is 0 Å². The zero-order chi connectivity index (χ0) is 20.9. The first-order chi connectivity index (χ1) is 13.2. The lowest BCUT2D eigenvalue weighted by Gasteiger charge is -2.30. The SMILES string of the molecule is CCC(C(=O)Nc1ccccc1C(C)C)N(c1ccc(OC)cc1)S(C)(=O)=O. The average Bonchev–Trinajstić information content (AvgIpc) is 2.65. The topological polar surface area (TPSA) is 75.7 Å². The van der Waals surface area contributed by atoms with Crippen LogP contribution in [0.4, 0.5) is 11.4 Å². The summed E-state index contributed by atoms with van der Waals surface area (Å²) in [4.78, 5) is 13.1. The number of hydrogen-bond donors (Lipinski definition) is 1. The molecule has 7 heteroatoms. The van der Waals surface area contributed by atoms with Crippen LogP contribution in [0, 0.1) is 0 Å². The number of carbonyl (C=O) groups is 1. The van der Waals surface area contributed by atoms with E-state index >= 15 is 0 Å². The molecule has 6 nitrogen and oxygen atoms in total. The van der Waals surface area contributed by atoms with Crippen molar-refractivity contribution in [3.8, 4) is 5.75 Å². The molecule has 0 bridgehead atoms. The molecule has 1 unspecified atom stereocenters. The summed E-state index contributed by atoms with van der Waals surface area (Å²) in [7, 11) is -2.14. The molecule has 0 aliphatic heterocycles. The van der Waals surface area contributed by atoms with Crippen LogP contribution in [0.25, 0.3) is 0 Å². The third-order valence-corrected chi connectivity index (χ3v) is 5.68. The molecule has 0 aliphatic rings. The summed E-state index contributed by atoms with van der Waals surface area (Å²) < 4.78 is 31.4. The van der Waals surface area contributed by atoms with Crippen molar-refractivity contribution in [2.45, 2.75) is 39.2 Å². The second kappa shape index (κ2) is 9.10. The molecule has 0 aromatic heterocycles. The summed E-state index contributed by atoms with van der Waals surface area (Å²) in [5.74, 6) is 0.474. The number of methoxy groups -OCH3 is 1. The van der Waals surface area contributed by atoms with Crippen LogP contribution in [0.5, 0.6) is 5.75 Å². The van der Waals surface area contributed by atoms with Crippen LogP contribution in [0.1, 0.15) is 38.7 Å². The molecule has 0 saturated carbocycles. The normalized spacial score (nSPS) is 12.5. The molecule has 0 saturated heterocycles. The van der Waals surface area contributed by atoms with E-state index in [1.807, 2.05) is 38.1 Å². The summed E-state index contributed by atoms with van der Waals surface area (Å²) >= 11 is 0. The van der Waals surface area contributed by atoms with Gasteiger partial charge in [-0.3, -0.25) is 9.10 Å². The lowest BCUT2D eigenvalue weighted by molar-refractivity contribution is -0.117. The second-order valence-electron chi connectivity index (χ2n) is 6.91. The van der Waals surface area contributed by atoms with E-state index in [0.29, 0.717) is 23.5 Å². The van der Waals surface area contributed by atoms with Crippen LogP contribution >= 0.6 is 0 Å². The van der Waals surface area contributed by atoms with Crippen LogP contribution in [0.15, 0.2) is 48.5 Å². The number of carbonyl (C=O) groups excluding carboxylic acids is 1. The molecule has 0 radical (unpaired) electrons. The van der Waals surface area contributed by atoms with Crippen molar-refractivity contribution in [2.75, 3.05) is 23.0 Å². The zero-order valence-electron chi connectivity index (χ0n) is 17.0. The van der Waals surface area contributed by atoms with Gasteiger partial charge >= 0.3 is 0 Å². The molecule has 28 heavy (non-hydrogen) atoms. The number of rotatable bonds is 8. The first-order valence-electron chi connectivity index (χ1n) is 9.22. The summed E-state index contributed by atoms with van der Waals surface area (Å²) in [5, 5.41) is 2.92. The van der Waals surface area contributed by atoms with Gasteiger partial charge in [-0.05, 0) is 48.2 Å². The Morgan fingerprint density at radius 2 is 1.71 bits per heavy atom. The summed E-state index contributed by atoms with van der Waals surface area (Å²) in [6.45, 7) is 5.88. The second-order valence-corrected chi connectivity index (χ2v) is 8.77. The number of hydrogen-bond acceptors (Lipinski definition) is 4. The van der Waals surface area contributed by atoms with Gasteiger partial charge in [0.1, 0.15) is 11.8 Å². The lowest BCUT2D eigenvalue weighted by atomic mass is 10.0. The largest absolute Gasteiger partial charge is 0.497 e. The maximum absolute atomic E-state index is 13.1. The fraction of sp³-hybridized carbons (Fsp3) is 0.381. The van der Waals surface area contributed by atoms with E-state index in [2.05, 4.69) is 5.32 Å². The molecule has 2 rings (SSSR count). The smallest absolute Gasteiger partial charge is 0.248 e. The standard InChI is InChI=1S/C21H28N2O4S/c1-6-20(21(24)22-19-10-8-7-9-18(19)15(2)3)23(28(5,25)26)16-11-13-17(27-4)14-12-16/h7-15,20H,6H2,1-5H3,(H,22,24). The average molecular weight is 405 g/mol. The lowest BCUT2D eigenvalue weighted by Crippen LogP contribution is -2.47. The quantitative estimate of drug-likeness (QED) is 0.721. The highest BCUT2D eigenvalue weighted by Crippen LogP contribution is 2.27. The molecule has 0 heterocycles. The molecule has 0 spiro atoms. The Balaban J connectivity index is 2.39. The number of anilines is 2. The van der Waals surface area contributed by atoms with E-state index in [9.17, 15) is 13.2 Å². The summed E-state index contributed by atoms with van der Waals surface area (Å²) in [6.07, 6.45) is 1.43. The number of nitrogens with one attached hydrogen (secondary N) is 1. The van der Waals surface area contributed by atoms with Crippen LogP contribution < -0.4 is 14.4 Å². The molecule has 2 aromatic rings. The fourth-order valence-corrected chi connectivity index (χ4v) is 4.33. The Hall–Kier alpha value is -2.54. The van der Waals surface area contributed by atoms with E-state index < -0.39 is 16.1 Å². The van der Waals surface area contributed by atoms with E-state index in [1.165, 1.54) is 11.4 Å². The first kappa shape index (κ1) is 21.8. The molecule has 1 N–H and O–H groups in total. The van der Waals surface area contributed by atoms with Crippen molar-refractivity contribution in [1.82, 2.24) is 0 Å². The van der Waals surface area contributed by atoms with Gasteiger partial charge in [0.2, 0.25) is 15.9 Å². The predicted molar refractivity (Wildman–Crippen MR) is 114 cm³/mol. The van der Waals surface area contributed by atoms with Gasteiger partial charge in [0.25, 0.3) is 0 Å². The molecular formula is C21H28N2O4S. The molecular weight excluding hydrogens is 376 g/mol. The fourth-order valence-electron chi connectivity index (χ4n) is 3.12. The Kier molecular flexibility index (Phi) is 7.07. The van der Waals surface area contributed by atoms with Gasteiger partial charge in [-0.1, -0.05) is 39.0 Å². The molecule has 2 aromatic carbocycles. The van der Waals surface area contributed by atoms with Crippen LogP contribution in [-0.4, -0.2) is 33.7 Å². The molecule has 1 amide bonds. The van der Waals surface area contributed by atoms with Crippen molar-refractivity contribution >= 4 is 27.3 Å². The number of nitrogens with zero attached hydrogens (tertiary/aromatic N) is 1. The Morgan fingerprint density at radius 1 is 1.11 bits per heavy atom. The van der Waals surface area contributed by atoms with Gasteiger partial charge in [-0.15, -0.1) is 0 Å². The maximum Gasteiger partial charge on any atom is 0.248 e. The highest BCUT2D eigenvalue weighted by molar-refractivity contribution is 7.92. The minimum atomic E-state index is -3.68. The van der Waals surface area contributed by atoms with Crippen molar-refractivity contribution < 1.29 is 17.9 Å². The maximum atomic E-state index is 13.1. The van der Waals surface area contributed by atoms with Gasteiger partial charge < -0.3 is 10.1 Å². The Morgan fingerprint density at radius 3 is 2.21 bits per heavy atom. The highest BCUT2D eigenvalue weighted by Gasteiger charge is 2.31. The molecule has 0 aliphatic carbocycles. The number of sulfonamides is 1. The van der Waals surface area contributed by atoms with Gasteiger partial charge in [-0.25, -0.2) is 8.42 Å². The summed E-state index contributed by atoms with van der Waals surface area (Å²) in [5.41, 5.74) is 2.12. The van der Waals surface area contributed by atoms with Gasteiger partial charge in [0.15, 0.2) is 0 Å². The van der Waals surface area contributed by atoms with Crippen molar-refractivity contribution in [2.24, 2.45) is 0 Å². The van der Waals surface area contributed by atoms with Crippen molar-refractivity contribution in [3.63, 3.8) is 0 Å². The monoisotopic (exact) mass is 404 g/mol. The van der Waals surface area contributed by atoms with Gasteiger partial charge in [0, 0.05) is 5.69 Å². The van der Waals surface area contributed by atoms with Gasteiger partial charge in [-0.2, -0.15) is 0 Å². The van der Waals surface area contributed by atoms with Gasteiger partial charge in [0.05, 0.1) is 19.1 Å². The minimum absolute atomic E-state index is 0.226. The predicted octanol–water partition coefficient (Wildman–Crippen LogP) is 4.00. The summed E-state index contributed by atoms with van der Waals surface area (Å²) in [6, 6.07) is 13.3. The van der Waals surface area contributed by atoms with E-state index in [0.717, 1.165) is 11.8 Å². The zero-order valence-corrected chi connectivity index (χ0v) is 17.8. The van der Waals surface area contributed by atoms with Crippen LogP contribution in [-0.2, 0) is 14.8 Å². The number of amides is 1. The Bertz CT molecular complexity index is 908. The third-order valence-electron chi connectivity index (χ3n) is 4.50. The van der Waals surface area contributed by atoms with E-state index in [-0.39, 0.29) is 11.8 Å². The van der Waals surface area contributed by atoms with Crippen molar-refractivity contribution in [3.05, 3.63) is 54.1 Å².